The highest BCUT2D eigenvalue weighted by Gasteiger charge is 2.17. The fourth-order valence-corrected chi connectivity index (χ4v) is 1.22. The molecule has 4 N–H and O–H groups in total. The van der Waals surface area contributed by atoms with Crippen LogP contribution in [0, 0.1) is 0 Å². The van der Waals surface area contributed by atoms with Crippen molar-refractivity contribution >= 4 is 18.0 Å². The summed E-state index contributed by atoms with van der Waals surface area (Å²) >= 11 is 0. The second-order valence-corrected chi connectivity index (χ2v) is 4.76. The van der Waals surface area contributed by atoms with E-state index in [9.17, 15) is 9.59 Å². The van der Waals surface area contributed by atoms with Gasteiger partial charge in [-0.3, -0.25) is 10.1 Å². The van der Waals surface area contributed by atoms with Crippen LogP contribution in [0.3, 0.4) is 0 Å². The van der Waals surface area contributed by atoms with Gasteiger partial charge in [0.25, 0.3) is 5.91 Å². The van der Waals surface area contributed by atoms with E-state index in [4.69, 9.17) is 10.5 Å². The summed E-state index contributed by atoms with van der Waals surface area (Å²) in [6.45, 7) is 5.72. The molecule has 0 saturated carbocycles. The Morgan fingerprint density at radius 2 is 2.22 bits per heavy atom. The monoisotopic (exact) mass is 254 g/mol. The van der Waals surface area contributed by atoms with Gasteiger partial charge in [0.2, 0.25) is 5.96 Å². The fourth-order valence-electron chi connectivity index (χ4n) is 1.22. The van der Waals surface area contributed by atoms with Crippen molar-refractivity contribution in [2.45, 2.75) is 32.8 Å². The van der Waals surface area contributed by atoms with Gasteiger partial charge in [0.05, 0.1) is 0 Å². The molecule has 100 valence electrons. The molecule has 1 aliphatic heterocycles. The molecule has 18 heavy (non-hydrogen) atoms. The van der Waals surface area contributed by atoms with E-state index in [-0.39, 0.29) is 17.6 Å². The van der Waals surface area contributed by atoms with E-state index in [2.05, 4.69) is 15.6 Å². The number of nitrogens with one attached hydrogen (secondary N) is 2. The average molecular weight is 254 g/mol. The Balaban J connectivity index is 2.29. The number of aliphatic imine (C=N–C) groups is 1. The Morgan fingerprint density at radius 3 is 2.72 bits per heavy atom. The molecule has 7 nitrogen and oxygen atoms in total. The number of hydrogen-bond donors (Lipinski definition) is 3. The van der Waals surface area contributed by atoms with E-state index in [0.717, 1.165) is 0 Å². The maximum atomic E-state index is 11.3. The van der Waals surface area contributed by atoms with Crippen LogP contribution in [0.1, 0.15) is 27.2 Å². The first-order valence-corrected chi connectivity index (χ1v) is 5.60. The Kier molecular flexibility index (Phi) is 4.30. The van der Waals surface area contributed by atoms with Gasteiger partial charge in [0.15, 0.2) is 0 Å². The third kappa shape index (κ3) is 4.86. The third-order valence-electron chi connectivity index (χ3n) is 1.87. The first-order chi connectivity index (χ1) is 8.28. The molecule has 0 aromatic heterocycles. The predicted molar refractivity (Wildman–Crippen MR) is 66.7 cm³/mol. The lowest BCUT2D eigenvalue weighted by Gasteiger charge is -2.19. The Morgan fingerprint density at radius 1 is 1.56 bits per heavy atom. The summed E-state index contributed by atoms with van der Waals surface area (Å²) in [5, 5.41) is 4.93. The first kappa shape index (κ1) is 14.0. The van der Waals surface area contributed by atoms with Crippen LogP contribution in [-0.4, -0.2) is 30.1 Å². The lowest BCUT2D eigenvalue weighted by Crippen LogP contribution is -2.33. The molecule has 0 aliphatic carbocycles. The minimum Gasteiger partial charge on any atom is -0.444 e. The molecule has 1 rings (SSSR count). The number of guanidine groups is 1. The minimum atomic E-state index is -0.521. The number of carbonyl (C=O) groups excluding carboxylic acids is 2. The zero-order valence-corrected chi connectivity index (χ0v) is 10.7. The molecule has 2 amide bonds. The predicted octanol–water partition coefficient (Wildman–Crippen LogP) is 0.230. The second kappa shape index (κ2) is 5.52. The number of alkyl carbamates (subject to hydrolysis) is 1. The summed E-state index contributed by atoms with van der Waals surface area (Å²) in [6, 6.07) is 0. The molecular formula is C11H18N4O3. The minimum absolute atomic E-state index is 0.0892. The van der Waals surface area contributed by atoms with Crippen LogP contribution in [0.15, 0.2) is 16.8 Å². The maximum Gasteiger partial charge on any atom is 0.407 e. The molecule has 7 heteroatoms. The number of carbonyl (C=O) groups is 2. The van der Waals surface area contributed by atoms with E-state index in [0.29, 0.717) is 13.0 Å². The largest absolute Gasteiger partial charge is 0.444 e. The zero-order valence-electron chi connectivity index (χ0n) is 10.7. The number of nitrogens with zero attached hydrogens (tertiary/aromatic N) is 1. The lowest BCUT2D eigenvalue weighted by molar-refractivity contribution is -0.115. The Bertz CT molecular complexity index is 407. The van der Waals surface area contributed by atoms with E-state index >= 15 is 0 Å². The highest BCUT2D eigenvalue weighted by molar-refractivity contribution is 6.10. The van der Waals surface area contributed by atoms with Gasteiger partial charge in [-0.25, -0.2) is 9.79 Å². The van der Waals surface area contributed by atoms with E-state index in [1.54, 1.807) is 26.8 Å². The standard InChI is InChI=1S/C11H18N4O3/c1-11(2,3)18-10(17)13-6-4-5-7-8(16)15-9(12)14-7/h5H,4,6H2,1-3H3,(H,13,17)(H3,12,14,15,16)/b7-5+. The van der Waals surface area contributed by atoms with Crippen molar-refractivity contribution in [3.05, 3.63) is 11.8 Å². The topological polar surface area (TPSA) is 106 Å². The lowest BCUT2D eigenvalue weighted by atomic mass is 10.2. The van der Waals surface area contributed by atoms with Gasteiger partial charge in [-0.2, -0.15) is 0 Å². The molecule has 0 unspecified atom stereocenters. The van der Waals surface area contributed by atoms with Crippen molar-refractivity contribution in [1.82, 2.24) is 10.6 Å². The van der Waals surface area contributed by atoms with Crippen LogP contribution in [0.25, 0.3) is 0 Å². The average Bonchev–Trinajstić information content (AvgIpc) is 2.49. The normalized spacial score (nSPS) is 17.4. The van der Waals surface area contributed by atoms with Crippen molar-refractivity contribution in [3.8, 4) is 0 Å². The van der Waals surface area contributed by atoms with Crippen molar-refractivity contribution < 1.29 is 14.3 Å². The van der Waals surface area contributed by atoms with Crippen molar-refractivity contribution in [3.63, 3.8) is 0 Å². The molecule has 0 atom stereocenters. The molecule has 0 aromatic rings. The van der Waals surface area contributed by atoms with Gasteiger partial charge in [0.1, 0.15) is 11.3 Å². The highest BCUT2D eigenvalue weighted by Crippen LogP contribution is 2.07. The molecule has 0 saturated heterocycles. The van der Waals surface area contributed by atoms with Crippen LogP contribution in [0.4, 0.5) is 4.79 Å². The van der Waals surface area contributed by atoms with Crippen molar-refractivity contribution in [2.75, 3.05) is 6.54 Å². The number of hydrogen-bond acceptors (Lipinski definition) is 5. The van der Waals surface area contributed by atoms with Gasteiger partial charge < -0.3 is 15.8 Å². The number of amides is 2. The molecule has 1 aliphatic rings. The van der Waals surface area contributed by atoms with Gasteiger partial charge in [-0.15, -0.1) is 0 Å². The maximum absolute atomic E-state index is 11.3. The van der Waals surface area contributed by atoms with Crippen LogP contribution in [0.2, 0.25) is 0 Å². The molecule has 1 heterocycles. The quantitative estimate of drug-likeness (QED) is 0.495. The van der Waals surface area contributed by atoms with E-state index in [1.165, 1.54) is 0 Å². The second-order valence-electron chi connectivity index (χ2n) is 4.76. The summed E-state index contributed by atoms with van der Waals surface area (Å²) in [5.41, 5.74) is 5.07. The van der Waals surface area contributed by atoms with Gasteiger partial charge in [-0.1, -0.05) is 6.08 Å². The smallest absolute Gasteiger partial charge is 0.407 e. The van der Waals surface area contributed by atoms with Gasteiger partial charge >= 0.3 is 6.09 Å². The molecule has 0 radical (unpaired) electrons. The van der Waals surface area contributed by atoms with E-state index in [1.807, 2.05) is 0 Å². The summed E-state index contributed by atoms with van der Waals surface area (Å²) in [6.07, 6.45) is 1.59. The Labute approximate surface area is 105 Å². The van der Waals surface area contributed by atoms with Gasteiger partial charge in [0, 0.05) is 6.54 Å². The molecule has 0 spiro atoms. The van der Waals surface area contributed by atoms with Crippen molar-refractivity contribution in [2.24, 2.45) is 10.7 Å². The first-order valence-electron chi connectivity index (χ1n) is 5.60. The van der Waals surface area contributed by atoms with Crippen LogP contribution < -0.4 is 16.4 Å². The van der Waals surface area contributed by atoms with E-state index < -0.39 is 11.7 Å². The molecule has 0 bridgehead atoms. The summed E-state index contributed by atoms with van der Waals surface area (Å²) < 4.78 is 5.05. The molecule has 0 aromatic carbocycles. The summed E-state index contributed by atoms with van der Waals surface area (Å²) in [7, 11) is 0. The summed E-state index contributed by atoms with van der Waals surface area (Å²) in [4.78, 5) is 26.3. The van der Waals surface area contributed by atoms with Crippen molar-refractivity contribution in [1.29, 1.82) is 0 Å². The molecule has 0 fully saturated rings. The summed E-state index contributed by atoms with van der Waals surface area (Å²) in [5.74, 6) is -0.240. The number of rotatable bonds is 3. The zero-order chi connectivity index (χ0) is 13.8. The SMILES string of the molecule is CC(C)(C)OC(=O)NCC/C=C1/N=C(N)NC1=O. The van der Waals surface area contributed by atoms with Crippen LogP contribution in [-0.2, 0) is 9.53 Å². The van der Waals surface area contributed by atoms with Crippen LogP contribution >= 0.6 is 0 Å². The number of nitrogens with two attached hydrogens (primary N) is 1. The van der Waals surface area contributed by atoms with Gasteiger partial charge in [-0.05, 0) is 27.2 Å². The fraction of sp³-hybridized carbons (Fsp3) is 0.545. The number of ether oxygens (including phenoxy) is 1. The third-order valence-corrected chi connectivity index (χ3v) is 1.87. The highest BCUT2D eigenvalue weighted by atomic mass is 16.6. The van der Waals surface area contributed by atoms with Crippen LogP contribution in [0.5, 0.6) is 0 Å². The Hall–Kier alpha value is -2.05. The molecular weight excluding hydrogens is 236 g/mol.